The molecule has 0 saturated heterocycles. The lowest BCUT2D eigenvalue weighted by Crippen LogP contribution is -2.31. The van der Waals surface area contributed by atoms with Crippen molar-refractivity contribution in [3.05, 3.63) is 101 Å². The first-order valence-corrected chi connectivity index (χ1v) is 15.8. The molecule has 0 saturated carbocycles. The molecule has 0 aliphatic carbocycles. The van der Waals surface area contributed by atoms with Gasteiger partial charge in [-0.2, -0.15) is 0 Å². The third-order valence-corrected chi connectivity index (χ3v) is 8.08. The summed E-state index contributed by atoms with van der Waals surface area (Å²) in [6, 6.07) is 21.4. The maximum atomic E-state index is 13.5. The fraction of sp³-hybridized carbons (Fsp3) is 0.250. The number of ether oxygens (including phenoxy) is 1. The molecule has 2 atom stereocenters. The zero-order chi connectivity index (χ0) is 29.6. The largest absolute Gasteiger partial charge is 0.487 e. The molecule has 5 rings (SSSR count). The Morgan fingerprint density at radius 1 is 1.05 bits per heavy atom. The van der Waals surface area contributed by atoms with Crippen molar-refractivity contribution in [2.75, 3.05) is 30.4 Å². The average Bonchev–Trinajstić information content (AvgIpc) is 3.47. The molecule has 0 amide bonds. The average molecular weight is 607 g/mol. The van der Waals surface area contributed by atoms with Crippen LogP contribution in [0.5, 0.6) is 5.75 Å². The molecule has 1 unspecified atom stereocenters. The Morgan fingerprint density at radius 2 is 1.88 bits per heavy atom. The van der Waals surface area contributed by atoms with E-state index in [0.717, 1.165) is 41.0 Å². The normalized spacial score (nSPS) is 12.9. The Bertz CT molecular complexity index is 1710. The smallest absolute Gasteiger partial charge is 0.141 e. The van der Waals surface area contributed by atoms with Crippen molar-refractivity contribution < 1.29 is 17.8 Å². The highest BCUT2D eigenvalue weighted by Crippen LogP contribution is 2.34. The number of benzene rings is 3. The van der Waals surface area contributed by atoms with Crippen molar-refractivity contribution in [3.63, 3.8) is 0 Å². The Kier molecular flexibility index (Phi) is 9.51. The molecule has 218 valence electrons. The van der Waals surface area contributed by atoms with Crippen LogP contribution in [0.3, 0.4) is 0 Å². The topological polar surface area (TPSA) is 80.5 Å². The summed E-state index contributed by atoms with van der Waals surface area (Å²) in [7, 11) is -0.968. The number of nitrogens with zero attached hydrogens (tertiary/aromatic N) is 3. The van der Waals surface area contributed by atoms with E-state index in [2.05, 4.69) is 34.0 Å². The van der Waals surface area contributed by atoms with Gasteiger partial charge in [0.1, 0.15) is 41.8 Å². The van der Waals surface area contributed by atoms with Crippen LogP contribution in [0.4, 0.5) is 15.9 Å². The van der Waals surface area contributed by atoms with Gasteiger partial charge in [-0.1, -0.05) is 37.6 Å². The highest BCUT2D eigenvalue weighted by Gasteiger charge is 2.23. The first-order valence-electron chi connectivity index (χ1n) is 13.7. The van der Waals surface area contributed by atoms with Gasteiger partial charge in [0.15, 0.2) is 0 Å². The monoisotopic (exact) mass is 606 g/mol. The van der Waals surface area contributed by atoms with Crippen molar-refractivity contribution in [3.8, 4) is 17.1 Å². The molecule has 0 radical (unpaired) electrons. The van der Waals surface area contributed by atoms with Crippen LogP contribution in [-0.2, 0) is 17.4 Å². The molecule has 0 aliphatic heterocycles. The molecule has 7 nitrogen and oxygen atoms in total. The molecule has 2 aromatic heterocycles. The molecule has 10 heteroatoms. The SMILES string of the molecule is CCN(CC)C(C[S@@](C)=O)c1ccc(-c2ccc3ncnc(Nc4ccc(OCc5cccc(F)c5)c(Cl)c4)c3c2)o1. The standard InChI is InChI=1S/C32H32ClFN4O3S/c1-4-38(5-2)28(19-42(3)39)31-14-13-29(41-31)22-9-11-27-25(16-22)32(36-20-35-27)37-24-10-12-30(26(33)17-24)40-18-21-7-6-8-23(34)15-21/h6-17,20,28H,4-5,18-19H2,1-3H3,(H,35,36,37)/t28?,42-/m1/s1. The van der Waals surface area contributed by atoms with Gasteiger partial charge < -0.3 is 14.5 Å². The second-order valence-corrected chi connectivity index (χ2v) is 11.7. The van der Waals surface area contributed by atoms with Gasteiger partial charge in [0.2, 0.25) is 0 Å². The molecule has 3 aromatic carbocycles. The van der Waals surface area contributed by atoms with E-state index in [1.165, 1.54) is 18.5 Å². The summed E-state index contributed by atoms with van der Waals surface area (Å²) in [5, 5.41) is 4.56. The zero-order valence-corrected chi connectivity index (χ0v) is 25.2. The van der Waals surface area contributed by atoms with E-state index < -0.39 is 10.8 Å². The molecular formula is C32H32ClFN4O3S. The van der Waals surface area contributed by atoms with Crippen LogP contribution in [0, 0.1) is 5.82 Å². The molecule has 5 aromatic rings. The molecule has 0 spiro atoms. The number of fused-ring (bicyclic) bond motifs is 1. The number of nitrogens with one attached hydrogen (secondary N) is 1. The third-order valence-electron chi connectivity index (χ3n) is 7.00. The van der Waals surface area contributed by atoms with Gasteiger partial charge in [-0.3, -0.25) is 9.11 Å². The highest BCUT2D eigenvalue weighted by molar-refractivity contribution is 7.84. The molecule has 0 aliphatic rings. The van der Waals surface area contributed by atoms with Gasteiger partial charge in [0.25, 0.3) is 0 Å². The molecular weight excluding hydrogens is 575 g/mol. The number of hydrogen-bond acceptors (Lipinski definition) is 7. The summed E-state index contributed by atoms with van der Waals surface area (Å²) in [6.45, 7) is 6.06. The van der Waals surface area contributed by atoms with E-state index in [4.69, 9.17) is 20.8 Å². The second-order valence-electron chi connectivity index (χ2n) is 9.82. The molecule has 0 bridgehead atoms. The van der Waals surface area contributed by atoms with Gasteiger partial charge in [0, 0.05) is 39.4 Å². The lowest BCUT2D eigenvalue weighted by atomic mass is 10.1. The minimum atomic E-state index is -0.968. The summed E-state index contributed by atoms with van der Waals surface area (Å²) in [4.78, 5) is 11.2. The predicted molar refractivity (Wildman–Crippen MR) is 167 cm³/mol. The number of halogens is 2. The van der Waals surface area contributed by atoms with Crippen molar-refractivity contribution >= 4 is 44.8 Å². The van der Waals surface area contributed by atoms with Crippen molar-refractivity contribution in [2.45, 2.75) is 26.5 Å². The molecule has 0 fully saturated rings. The van der Waals surface area contributed by atoms with Crippen LogP contribution < -0.4 is 10.1 Å². The van der Waals surface area contributed by atoms with E-state index in [-0.39, 0.29) is 18.5 Å². The molecule has 2 heterocycles. The van der Waals surface area contributed by atoms with Crippen LogP contribution in [-0.4, -0.2) is 44.2 Å². The van der Waals surface area contributed by atoms with Crippen molar-refractivity contribution in [1.29, 1.82) is 0 Å². The van der Waals surface area contributed by atoms with Crippen LogP contribution in [0.15, 0.2) is 83.5 Å². The first-order chi connectivity index (χ1) is 20.3. The number of furan rings is 1. The van der Waals surface area contributed by atoms with E-state index >= 15 is 0 Å². The minimum Gasteiger partial charge on any atom is -0.487 e. The van der Waals surface area contributed by atoms with Crippen LogP contribution in [0.2, 0.25) is 5.02 Å². The fourth-order valence-electron chi connectivity index (χ4n) is 4.87. The van der Waals surface area contributed by atoms with Crippen LogP contribution in [0.1, 0.15) is 31.2 Å². The lowest BCUT2D eigenvalue weighted by Gasteiger charge is -2.27. The predicted octanol–water partition coefficient (Wildman–Crippen LogP) is 7.77. The van der Waals surface area contributed by atoms with Gasteiger partial charge in [-0.25, -0.2) is 14.4 Å². The number of rotatable bonds is 12. The summed E-state index contributed by atoms with van der Waals surface area (Å²) in [6.07, 6.45) is 3.23. The van der Waals surface area contributed by atoms with Crippen LogP contribution >= 0.6 is 11.6 Å². The Hall–Kier alpha value is -3.79. The maximum absolute atomic E-state index is 13.5. The van der Waals surface area contributed by atoms with Gasteiger partial charge in [-0.15, -0.1) is 0 Å². The Balaban J connectivity index is 1.37. The Labute approximate surface area is 252 Å². The third kappa shape index (κ3) is 6.98. The molecule has 42 heavy (non-hydrogen) atoms. The van der Waals surface area contributed by atoms with Crippen molar-refractivity contribution in [1.82, 2.24) is 14.9 Å². The maximum Gasteiger partial charge on any atom is 0.141 e. The van der Waals surface area contributed by atoms with Gasteiger partial charge in [-0.05, 0) is 79.3 Å². The second kappa shape index (κ2) is 13.5. The summed E-state index contributed by atoms with van der Waals surface area (Å²) in [5.74, 6) is 2.80. The van der Waals surface area contributed by atoms with E-state index in [0.29, 0.717) is 33.7 Å². The minimum absolute atomic E-state index is 0.0637. The van der Waals surface area contributed by atoms with E-state index in [1.807, 2.05) is 36.4 Å². The summed E-state index contributed by atoms with van der Waals surface area (Å²) < 4.78 is 37.7. The Morgan fingerprint density at radius 3 is 2.62 bits per heavy atom. The van der Waals surface area contributed by atoms with Crippen LogP contribution in [0.25, 0.3) is 22.2 Å². The van der Waals surface area contributed by atoms with Gasteiger partial charge >= 0.3 is 0 Å². The quantitative estimate of drug-likeness (QED) is 0.155. The zero-order valence-electron chi connectivity index (χ0n) is 23.6. The van der Waals surface area contributed by atoms with E-state index in [9.17, 15) is 8.60 Å². The summed E-state index contributed by atoms with van der Waals surface area (Å²) in [5.41, 5.74) is 3.08. The lowest BCUT2D eigenvalue weighted by molar-refractivity contribution is 0.212. The van der Waals surface area contributed by atoms with Gasteiger partial charge in [0.05, 0.1) is 16.6 Å². The molecule has 1 N–H and O–H groups in total. The van der Waals surface area contributed by atoms with Crippen molar-refractivity contribution in [2.24, 2.45) is 0 Å². The number of anilines is 2. The number of aromatic nitrogens is 2. The highest BCUT2D eigenvalue weighted by atomic mass is 35.5. The number of hydrogen-bond donors (Lipinski definition) is 1. The first kappa shape index (κ1) is 29.7. The summed E-state index contributed by atoms with van der Waals surface area (Å²) >= 11 is 6.51. The fourth-order valence-corrected chi connectivity index (χ4v) is 5.93. The van der Waals surface area contributed by atoms with E-state index in [1.54, 1.807) is 30.5 Å².